The summed E-state index contributed by atoms with van der Waals surface area (Å²) in [5.41, 5.74) is 3.76. The minimum Gasteiger partial charge on any atom is -0.311 e. The molecule has 0 N–H and O–H groups in total. The van der Waals surface area contributed by atoms with Crippen molar-refractivity contribution in [1.29, 1.82) is 0 Å². The standard InChI is InChI=1S/C19H13BrN2O2S2/c1-10-3-6-12(7-4-10)22-18(24)16(26-19(22)25)15-13-9-11(20)5-8-14(13)21(2)17(15)23/h3-9H,1-2H3. The second-order valence-electron chi connectivity index (χ2n) is 6.07. The first-order chi connectivity index (χ1) is 12.4. The van der Waals surface area contributed by atoms with Crippen molar-refractivity contribution >= 4 is 73.0 Å². The van der Waals surface area contributed by atoms with Crippen molar-refractivity contribution in [3.8, 4) is 0 Å². The first-order valence-corrected chi connectivity index (χ1v) is 9.85. The number of hydrogen-bond donors (Lipinski definition) is 0. The quantitative estimate of drug-likeness (QED) is 0.479. The van der Waals surface area contributed by atoms with Crippen molar-refractivity contribution < 1.29 is 9.59 Å². The molecular weight excluding hydrogens is 432 g/mol. The lowest BCUT2D eigenvalue weighted by molar-refractivity contribution is -0.115. The smallest absolute Gasteiger partial charge is 0.271 e. The number of anilines is 2. The summed E-state index contributed by atoms with van der Waals surface area (Å²) in [5, 5.41) is 0. The summed E-state index contributed by atoms with van der Waals surface area (Å²) >= 11 is 10.1. The summed E-state index contributed by atoms with van der Waals surface area (Å²) in [5.74, 6) is -0.448. The highest BCUT2D eigenvalue weighted by atomic mass is 79.9. The van der Waals surface area contributed by atoms with E-state index in [9.17, 15) is 9.59 Å². The molecular formula is C19H13BrN2O2S2. The summed E-state index contributed by atoms with van der Waals surface area (Å²) < 4.78 is 1.28. The van der Waals surface area contributed by atoms with Gasteiger partial charge >= 0.3 is 0 Å². The van der Waals surface area contributed by atoms with E-state index in [2.05, 4.69) is 15.9 Å². The highest BCUT2D eigenvalue weighted by Crippen LogP contribution is 2.45. The van der Waals surface area contributed by atoms with E-state index in [1.165, 1.54) is 16.7 Å². The Morgan fingerprint density at radius 3 is 2.42 bits per heavy atom. The lowest BCUT2D eigenvalue weighted by atomic mass is 10.1. The Morgan fingerprint density at radius 1 is 1.04 bits per heavy atom. The third-order valence-electron chi connectivity index (χ3n) is 4.40. The van der Waals surface area contributed by atoms with Gasteiger partial charge in [0.2, 0.25) is 0 Å². The molecule has 26 heavy (non-hydrogen) atoms. The predicted molar refractivity (Wildman–Crippen MR) is 113 cm³/mol. The highest BCUT2D eigenvalue weighted by molar-refractivity contribution is 9.10. The minimum atomic E-state index is -0.256. The van der Waals surface area contributed by atoms with Gasteiger partial charge in [0.25, 0.3) is 11.8 Å². The monoisotopic (exact) mass is 444 g/mol. The van der Waals surface area contributed by atoms with E-state index in [1.54, 1.807) is 11.9 Å². The molecule has 0 atom stereocenters. The van der Waals surface area contributed by atoms with Crippen molar-refractivity contribution in [2.24, 2.45) is 0 Å². The molecule has 2 amide bonds. The van der Waals surface area contributed by atoms with Gasteiger partial charge in [0.15, 0.2) is 4.32 Å². The van der Waals surface area contributed by atoms with E-state index in [0.717, 1.165) is 21.3 Å². The number of aryl methyl sites for hydroxylation is 1. The maximum Gasteiger partial charge on any atom is 0.271 e. The molecule has 0 aromatic heterocycles. The molecule has 2 aliphatic rings. The second-order valence-corrected chi connectivity index (χ2v) is 8.63. The molecule has 0 saturated carbocycles. The molecule has 0 bridgehead atoms. The molecule has 4 nitrogen and oxygen atoms in total. The van der Waals surface area contributed by atoms with Crippen LogP contribution in [0, 0.1) is 6.92 Å². The molecule has 4 rings (SSSR count). The summed E-state index contributed by atoms with van der Waals surface area (Å²) in [4.78, 5) is 29.4. The molecule has 2 aromatic carbocycles. The van der Waals surface area contributed by atoms with E-state index < -0.39 is 0 Å². The lowest BCUT2D eigenvalue weighted by Gasteiger charge is -2.14. The Bertz CT molecular complexity index is 1010. The number of thioether (sulfide) groups is 1. The number of rotatable bonds is 1. The van der Waals surface area contributed by atoms with Crippen molar-refractivity contribution in [2.45, 2.75) is 6.92 Å². The fourth-order valence-electron chi connectivity index (χ4n) is 3.05. The fourth-order valence-corrected chi connectivity index (χ4v) is 4.78. The third-order valence-corrected chi connectivity index (χ3v) is 6.26. The molecule has 2 heterocycles. The van der Waals surface area contributed by atoms with E-state index in [1.807, 2.05) is 49.4 Å². The Hall–Kier alpha value is -1.96. The van der Waals surface area contributed by atoms with Crippen LogP contribution >= 0.6 is 39.9 Å². The lowest BCUT2D eigenvalue weighted by Crippen LogP contribution is -2.28. The van der Waals surface area contributed by atoms with Crippen LogP contribution in [0.25, 0.3) is 5.57 Å². The second kappa shape index (κ2) is 6.33. The van der Waals surface area contributed by atoms with Crippen LogP contribution in [0.15, 0.2) is 51.8 Å². The largest absolute Gasteiger partial charge is 0.311 e. The van der Waals surface area contributed by atoms with E-state index in [0.29, 0.717) is 20.5 Å². The third kappa shape index (κ3) is 2.62. The SMILES string of the molecule is Cc1ccc(N2C(=O)C(=C3C(=O)N(C)c4ccc(Br)cc43)SC2=S)cc1. The van der Waals surface area contributed by atoms with Crippen LogP contribution in [0.3, 0.4) is 0 Å². The number of fused-ring (bicyclic) bond motifs is 1. The van der Waals surface area contributed by atoms with Gasteiger partial charge in [-0.05, 0) is 37.3 Å². The van der Waals surface area contributed by atoms with Gasteiger partial charge in [-0.2, -0.15) is 0 Å². The number of amides is 2. The van der Waals surface area contributed by atoms with Crippen molar-refractivity contribution in [3.05, 3.63) is 63.0 Å². The number of carbonyl (C=O) groups is 2. The van der Waals surface area contributed by atoms with Crippen LogP contribution in [0.5, 0.6) is 0 Å². The van der Waals surface area contributed by atoms with Crippen LogP contribution in [0.1, 0.15) is 11.1 Å². The molecule has 7 heteroatoms. The van der Waals surface area contributed by atoms with Crippen LogP contribution in [-0.4, -0.2) is 23.2 Å². The zero-order chi connectivity index (χ0) is 18.6. The number of halogens is 1. The molecule has 130 valence electrons. The maximum atomic E-state index is 13.1. The summed E-state index contributed by atoms with van der Waals surface area (Å²) in [7, 11) is 1.71. The molecule has 0 aliphatic carbocycles. The average molecular weight is 445 g/mol. The average Bonchev–Trinajstić information content (AvgIpc) is 3.02. The molecule has 1 saturated heterocycles. The number of benzene rings is 2. The summed E-state index contributed by atoms with van der Waals surface area (Å²) in [6.07, 6.45) is 0. The van der Waals surface area contributed by atoms with Gasteiger partial charge in [-0.25, -0.2) is 0 Å². The number of hydrogen-bond acceptors (Lipinski definition) is 4. The van der Waals surface area contributed by atoms with Crippen LogP contribution in [-0.2, 0) is 9.59 Å². The molecule has 2 aliphatic heterocycles. The van der Waals surface area contributed by atoms with Gasteiger partial charge in [0.05, 0.1) is 21.9 Å². The van der Waals surface area contributed by atoms with Crippen LogP contribution in [0.4, 0.5) is 11.4 Å². The molecule has 0 spiro atoms. The Morgan fingerprint density at radius 2 is 1.73 bits per heavy atom. The summed E-state index contributed by atoms with van der Waals surface area (Å²) in [6, 6.07) is 13.2. The van der Waals surface area contributed by atoms with E-state index in [4.69, 9.17) is 12.2 Å². The fraction of sp³-hybridized carbons (Fsp3) is 0.105. The molecule has 1 fully saturated rings. The molecule has 0 radical (unpaired) electrons. The predicted octanol–water partition coefficient (Wildman–Crippen LogP) is 4.51. The molecule has 0 unspecified atom stereocenters. The summed E-state index contributed by atoms with van der Waals surface area (Å²) in [6.45, 7) is 1.98. The van der Waals surface area contributed by atoms with Gasteiger partial charge in [0.1, 0.15) is 0 Å². The van der Waals surface area contributed by atoms with Crippen molar-refractivity contribution in [3.63, 3.8) is 0 Å². The topological polar surface area (TPSA) is 40.6 Å². The zero-order valence-corrected chi connectivity index (χ0v) is 17.2. The Balaban J connectivity index is 1.85. The first-order valence-electron chi connectivity index (χ1n) is 7.83. The van der Waals surface area contributed by atoms with Crippen molar-refractivity contribution in [1.82, 2.24) is 0 Å². The maximum absolute atomic E-state index is 13.1. The number of nitrogens with zero attached hydrogens (tertiary/aromatic N) is 2. The van der Waals surface area contributed by atoms with Crippen molar-refractivity contribution in [2.75, 3.05) is 16.8 Å². The van der Waals surface area contributed by atoms with Gasteiger partial charge in [-0.3, -0.25) is 14.5 Å². The number of likely N-dealkylation sites (N-methyl/N-ethyl adjacent to an activating group) is 1. The molecule has 2 aromatic rings. The number of thiocarbonyl (C=S) groups is 1. The van der Waals surface area contributed by atoms with E-state index >= 15 is 0 Å². The normalized spacial score (nSPS) is 19.6. The Labute approximate surface area is 169 Å². The van der Waals surface area contributed by atoms with Crippen LogP contribution in [0.2, 0.25) is 0 Å². The minimum absolute atomic E-state index is 0.192. The highest BCUT2D eigenvalue weighted by Gasteiger charge is 2.41. The van der Waals surface area contributed by atoms with Gasteiger partial charge in [-0.15, -0.1) is 0 Å². The van der Waals surface area contributed by atoms with Gasteiger partial charge in [-0.1, -0.05) is 57.6 Å². The van der Waals surface area contributed by atoms with E-state index in [-0.39, 0.29) is 11.8 Å². The Kier molecular flexibility index (Phi) is 4.25. The van der Waals surface area contributed by atoms with Gasteiger partial charge in [0, 0.05) is 17.1 Å². The first kappa shape index (κ1) is 17.5. The number of carbonyl (C=O) groups excluding carboxylic acids is 2. The van der Waals surface area contributed by atoms with Gasteiger partial charge < -0.3 is 4.90 Å². The van der Waals surface area contributed by atoms with Crippen LogP contribution < -0.4 is 9.80 Å². The zero-order valence-electron chi connectivity index (χ0n) is 13.9.